The molecule has 4 heterocycles. The van der Waals surface area contributed by atoms with Gasteiger partial charge in [-0.15, -0.1) is 11.3 Å². The van der Waals surface area contributed by atoms with Gasteiger partial charge in [0, 0.05) is 29.9 Å². The molecule has 0 spiro atoms. The number of fused-ring (bicyclic) bond motifs is 2. The Hall–Kier alpha value is -3.05. The molecule has 0 amide bonds. The second-order valence-corrected chi connectivity index (χ2v) is 7.15. The van der Waals surface area contributed by atoms with Crippen molar-refractivity contribution in [3.63, 3.8) is 0 Å². The SMILES string of the molecule is O=c1c2c(-c3ccccc3)csc2nc2n1CC/C2=C\c1cccnc1. The predicted molar refractivity (Wildman–Crippen MR) is 106 cm³/mol. The molecule has 3 aromatic heterocycles. The highest BCUT2D eigenvalue weighted by atomic mass is 32.1. The lowest BCUT2D eigenvalue weighted by Crippen LogP contribution is -2.20. The molecule has 1 aliphatic rings. The first kappa shape index (κ1) is 15.2. The van der Waals surface area contributed by atoms with Gasteiger partial charge in [-0.05, 0) is 35.3 Å². The number of hydrogen-bond acceptors (Lipinski definition) is 4. The standard InChI is InChI=1S/C21H15N3OS/c25-21-18-17(15-6-2-1-3-7-15)13-26-20(18)23-19-16(8-10-24(19)21)11-14-5-4-9-22-12-14/h1-7,9,11-13H,8,10H2/b16-11+. The van der Waals surface area contributed by atoms with E-state index >= 15 is 0 Å². The highest BCUT2D eigenvalue weighted by Gasteiger charge is 2.23. The van der Waals surface area contributed by atoms with Gasteiger partial charge in [-0.3, -0.25) is 14.3 Å². The van der Waals surface area contributed by atoms with Gasteiger partial charge in [0.25, 0.3) is 5.56 Å². The minimum atomic E-state index is 0.0553. The van der Waals surface area contributed by atoms with Crippen LogP contribution in [0.3, 0.4) is 0 Å². The molecule has 4 aromatic rings. The normalized spacial score (nSPS) is 14.8. The highest BCUT2D eigenvalue weighted by Crippen LogP contribution is 2.34. The summed E-state index contributed by atoms with van der Waals surface area (Å²) in [6, 6.07) is 14.0. The van der Waals surface area contributed by atoms with Crippen LogP contribution in [0.4, 0.5) is 0 Å². The number of rotatable bonds is 2. The van der Waals surface area contributed by atoms with Gasteiger partial charge in [-0.25, -0.2) is 4.98 Å². The van der Waals surface area contributed by atoms with Crippen molar-refractivity contribution in [2.75, 3.05) is 0 Å². The summed E-state index contributed by atoms with van der Waals surface area (Å²) in [5, 5.41) is 2.77. The highest BCUT2D eigenvalue weighted by molar-refractivity contribution is 7.17. The van der Waals surface area contributed by atoms with E-state index in [2.05, 4.69) is 11.1 Å². The topological polar surface area (TPSA) is 47.8 Å². The van der Waals surface area contributed by atoms with Crippen molar-refractivity contribution in [3.8, 4) is 11.1 Å². The second kappa shape index (κ2) is 6.04. The van der Waals surface area contributed by atoms with E-state index in [1.807, 2.05) is 58.6 Å². The van der Waals surface area contributed by atoms with Crippen LogP contribution in [0.2, 0.25) is 0 Å². The Bertz CT molecular complexity index is 1190. The molecular weight excluding hydrogens is 342 g/mol. The molecule has 5 rings (SSSR count). The lowest BCUT2D eigenvalue weighted by molar-refractivity contribution is 0.726. The lowest BCUT2D eigenvalue weighted by atomic mass is 10.1. The van der Waals surface area contributed by atoms with Gasteiger partial charge >= 0.3 is 0 Å². The summed E-state index contributed by atoms with van der Waals surface area (Å²) in [6.07, 6.45) is 6.48. The monoisotopic (exact) mass is 357 g/mol. The van der Waals surface area contributed by atoms with Crippen molar-refractivity contribution in [1.29, 1.82) is 0 Å². The molecule has 1 aliphatic heterocycles. The van der Waals surface area contributed by atoms with Crippen LogP contribution in [-0.4, -0.2) is 14.5 Å². The van der Waals surface area contributed by atoms with Gasteiger partial charge in [-0.2, -0.15) is 0 Å². The van der Waals surface area contributed by atoms with Crippen LogP contribution in [0.25, 0.3) is 33.0 Å². The van der Waals surface area contributed by atoms with Crippen LogP contribution in [0, 0.1) is 0 Å². The van der Waals surface area contributed by atoms with Crippen LogP contribution in [0.1, 0.15) is 17.8 Å². The molecule has 26 heavy (non-hydrogen) atoms. The van der Waals surface area contributed by atoms with E-state index in [0.717, 1.165) is 44.7 Å². The average molecular weight is 357 g/mol. The molecule has 0 saturated heterocycles. The van der Waals surface area contributed by atoms with Gasteiger partial charge in [0.05, 0.1) is 5.39 Å². The molecular formula is C21H15N3OS. The van der Waals surface area contributed by atoms with E-state index in [1.54, 1.807) is 6.20 Å². The molecule has 4 nitrogen and oxygen atoms in total. The van der Waals surface area contributed by atoms with Crippen molar-refractivity contribution in [1.82, 2.24) is 14.5 Å². The second-order valence-electron chi connectivity index (χ2n) is 6.29. The third-order valence-corrected chi connectivity index (χ3v) is 5.57. The maximum atomic E-state index is 13.2. The number of thiophene rings is 1. The molecule has 0 fully saturated rings. The summed E-state index contributed by atoms with van der Waals surface area (Å²) in [7, 11) is 0. The molecule has 0 unspecified atom stereocenters. The molecule has 0 atom stereocenters. The van der Waals surface area contributed by atoms with Gasteiger partial charge in [0.2, 0.25) is 0 Å². The molecule has 1 aromatic carbocycles. The maximum absolute atomic E-state index is 13.2. The van der Waals surface area contributed by atoms with E-state index in [4.69, 9.17) is 4.98 Å². The van der Waals surface area contributed by atoms with Crippen molar-refractivity contribution in [3.05, 3.63) is 82.0 Å². The molecule has 0 saturated carbocycles. The summed E-state index contributed by atoms with van der Waals surface area (Å²) < 4.78 is 1.81. The summed E-state index contributed by atoms with van der Waals surface area (Å²) in [5.74, 6) is 0.785. The molecule has 126 valence electrons. The van der Waals surface area contributed by atoms with Crippen LogP contribution >= 0.6 is 11.3 Å². The van der Waals surface area contributed by atoms with Gasteiger partial charge in [-0.1, -0.05) is 36.4 Å². The fourth-order valence-corrected chi connectivity index (χ4v) is 4.39. The number of allylic oxidation sites excluding steroid dienone is 1. The Morgan fingerprint density at radius 1 is 1.12 bits per heavy atom. The Kier molecular flexibility index (Phi) is 3.53. The van der Waals surface area contributed by atoms with E-state index in [0.29, 0.717) is 6.54 Å². The van der Waals surface area contributed by atoms with Crippen molar-refractivity contribution in [2.24, 2.45) is 0 Å². The number of hydrogen-bond donors (Lipinski definition) is 0. The van der Waals surface area contributed by atoms with Crippen LogP contribution in [0.5, 0.6) is 0 Å². The first-order valence-electron chi connectivity index (χ1n) is 8.50. The Morgan fingerprint density at radius 2 is 2.00 bits per heavy atom. The first-order valence-corrected chi connectivity index (χ1v) is 9.37. The summed E-state index contributed by atoms with van der Waals surface area (Å²) in [5.41, 5.74) is 4.21. The van der Waals surface area contributed by atoms with Crippen molar-refractivity contribution >= 4 is 33.2 Å². The zero-order valence-corrected chi connectivity index (χ0v) is 14.7. The molecule has 5 heteroatoms. The zero-order valence-electron chi connectivity index (χ0n) is 13.9. The fourth-order valence-electron chi connectivity index (χ4n) is 3.45. The Labute approximate surface area is 154 Å². The average Bonchev–Trinajstić information content (AvgIpc) is 3.29. The van der Waals surface area contributed by atoms with Crippen LogP contribution in [-0.2, 0) is 6.54 Å². The number of pyridine rings is 1. The Morgan fingerprint density at radius 3 is 2.81 bits per heavy atom. The van der Waals surface area contributed by atoms with Crippen LogP contribution < -0.4 is 5.56 Å². The maximum Gasteiger partial charge on any atom is 0.263 e. The number of nitrogens with zero attached hydrogens (tertiary/aromatic N) is 3. The molecule has 0 radical (unpaired) electrons. The fraction of sp³-hybridized carbons (Fsp3) is 0.0952. The van der Waals surface area contributed by atoms with E-state index in [-0.39, 0.29) is 5.56 Å². The largest absolute Gasteiger partial charge is 0.292 e. The third kappa shape index (κ3) is 2.40. The van der Waals surface area contributed by atoms with Crippen molar-refractivity contribution < 1.29 is 0 Å². The summed E-state index contributed by atoms with van der Waals surface area (Å²) in [6.45, 7) is 0.674. The molecule has 0 N–H and O–H groups in total. The molecule has 0 aliphatic carbocycles. The summed E-state index contributed by atoms with van der Waals surface area (Å²) in [4.78, 5) is 23.0. The van der Waals surface area contributed by atoms with Gasteiger partial charge < -0.3 is 0 Å². The molecule has 0 bridgehead atoms. The minimum Gasteiger partial charge on any atom is -0.292 e. The lowest BCUT2D eigenvalue weighted by Gasteiger charge is -2.05. The quantitative estimate of drug-likeness (QED) is 0.532. The van der Waals surface area contributed by atoms with E-state index in [9.17, 15) is 4.79 Å². The number of aromatic nitrogens is 3. The Balaban J connectivity index is 1.69. The first-order chi connectivity index (χ1) is 12.8. The van der Waals surface area contributed by atoms with Crippen molar-refractivity contribution in [2.45, 2.75) is 13.0 Å². The van der Waals surface area contributed by atoms with E-state index in [1.165, 1.54) is 11.3 Å². The van der Waals surface area contributed by atoms with Crippen LogP contribution in [0.15, 0.2) is 65.0 Å². The predicted octanol–water partition coefficient (Wildman–Crippen LogP) is 4.46. The van der Waals surface area contributed by atoms with Gasteiger partial charge in [0.1, 0.15) is 10.7 Å². The third-order valence-electron chi connectivity index (χ3n) is 4.70. The smallest absolute Gasteiger partial charge is 0.263 e. The van der Waals surface area contributed by atoms with Gasteiger partial charge in [0.15, 0.2) is 0 Å². The zero-order chi connectivity index (χ0) is 17.5. The number of benzene rings is 1. The minimum absolute atomic E-state index is 0.0553. The summed E-state index contributed by atoms with van der Waals surface area (Å²) >= 11 is 1.53. The van der Waals surface area contributed by atoms with E-state index < -0.39 is 0 Å².